The first-order valence-corrected chi connectivity index (χ1v) is 10.1. The third kappa shape index (κ3) is 3.63. The van der Waals surface area contributed by atoms with Gasteiger partial charge in [-0.1, -0.05) is 29.8 Å². The van der Waals surface area contributed by atoms with Crippen molar-refractivity contribution in [3.8, 4) is 0 Å². The molecule has 0 radical (unpaired) electrons. The van der Waals surface area contributed by atoms with Crippen molar-refractivity contribution in [1.29, 1.82) is 0 Å². The topological polar surface area (TPSA) is 80.6 Å². The number of urea groups is 1. The van der Waals surface area contributed by atoms with E-state index in [4.69, 9.17) is 16.3 Å². The molecule has 1 aromatic heterocycles. The number of hydrogen-bond donors (Lipinski definition) is 1. The Bertz CT molecular complexity index is 1020. The molecule has 2 heterocycles. The molecule has 8 heteroatoms. The second kappa shape index (κ2) is 8.24. The van der Waals surface area contributed by atoms with Crippen LogP contribution in [0.15, 0.2) is 30.3 Å². The standard InChI is InChI=1S/C22H26ClN3O4/c1-13-10-16(15(3)26(13)14(2)12-30-5)19(27)11-25-20(28)22(4,24-21(25)29)17-8-6-7-9-18(17)23/h6-10,14H,11-12H2,1-5H3,(H,24,29)/t14-,22-/m0/s1. The third-order valence-corrected chi connectivity index (χ3v) is 5.95. The van der Waals surface area contributed by atoms with Crippen LogP contribution in [-0.4, -0.2) is 47.4 Å². The number of Topliss-reactive ketones (excluding diaryl/α,β-unsaturated/α-hetero) is 1. The molecule has 1 aliphatic rings. The molecule has 3 rings (SSSR count). The Labute approximate surface area is 180 Å². The summed E-state index contributed by atoms with van der Waals surface area (Å²) in [4.78, 5) is 39.7. The molecule has 7 nitrogen and oxygen atoms in total. The molecule has 0 spiro atoms. The summed E-state index contributed by atoms with van der Waals surface area (Å²) in [7, 11) is 1.63. The summed E-state index contributed by atoms with van der Waals surface area (Å²) in [5, 5.41) is 3.06. The fourth-order valence-electron chi connectivity index (χ4n) is 4.17. The normalized spacial score (nSPS) is 19.9. The van der Waals surface area contributed by atoms with Crippen LogP contribution in [0.3, 0.4) is 0 Å². The maximum Gasteiger partial charge on any atom is 0.325 e. The lowest BCUT2D eigenvalue weighted by molar-refractivity contribution is -0.130. The van der Waals surface area contributed by atoms with Crippen LogP contribution in [0.1, 0.15) is 47.2 Å². The Hall–Kier alpha value is -2.64. The minimum atomic E-state index is -1.32. The smallest absolute Gasteiger partial charge is 0.325 e. The molecule has 0 saturated carbocycles. The molecule has 0 bridgehead atoms. The predicted octanol–water partition coefficient (Wildman–Crippen LogP) is 3.62. The number of aromatic nitrogens is 1. The predicted molar refractivity (Wildman–Crippen MR) is 114 cm³/mol. The number of amides is 3. The molecule has 2 aromatic rings. The maximum absolute atomic E-state index is 13.1. The second-order valence-electron chi connectivity index (χ2n) is 7.81. The lowest BCUT2D eigenvalue weighted by atomic mass is 9.92. The van der Waals surface area contributed by atoms with Crippen LogP contribution in [0, 0.1) is 13.8 Å². The van der Waals surface area contributed by atoms with E-state index in [9.17, 15) is 14.4 Å². The average molecular weight is 432 g/mol. The van der Waals surface area contributed by atoms with E-state index in [0.29, 0.717) is 22.8 Å². The Morgan fingerprint density at radius 1 is 1.27 bits per heavy atom. The highest BCUT2D eigenvalue weighted by Crippen LogP contribution is 2.33. The summed E-state index contributed by atoms with van der Waals surface area (Å²) in [5.41, 5.74) is 1.36. The number of aryl methyl sites for hydroxylation is 1. The molecular formula is C22H26ClN3O4. The number of rotatable bonds is 7. The molecular weight excluding hydrogens is 406 g/mol. The van der Waals surface area contributed by atoms with E-state index in [1.807, 2.05) is 25.3 Å². The highest BCUT2D eigenvalue weighted by Gasteiger charge is 2.50. The van der Waals surface area contributed by atoms with Crippen molar-refractivity contribution in [3.63, 3.8) is 0 Å². The lowest BCUT2D eigenvalue weighted by Gasteiger charge is -2.23. The summed E-state index contributed by atoms with van der Waals surface area (Å²) in [5.74, 6) is -0.804. The van der Waals surface area contributed by atoms with Gasteiger partial charge < -0.3 is 14.6 Å². The SMILES string of the molecule is COC[C@H](C)n1c(C)cc(C(=O)CN2C(=O)N[C@@](C)(c3ccccc3Cl)C2=O)c1C. The summed E-state index contributed by atoms with van der Waals surface area (Å²) in [6, 6.07) is 8.07. The van der Waals surface area contributed by atoms with Crippen LogP contribution in [0.2, 0.25) is 5.02 Å². The summed E-state index contributed by atoms with van der Waals surface area (Å²) in [6.07, 6.45) is 0. The summed E-state index contributed by atoms with van der Waals surface area (Å²) in [6.45, 7) is 7.53. The number of nitrogens with zero attached hydrogens (tertiary/aromatic N) is 2. The van der Waals surface area contributed by atoms with Crippen molar-refractivity contribution >= 4 is 29.3 Å². The molecule has 1 saturated heterocycles. The van der Waals surface area contributed by atoms with E-state index < -0.39 is 17.5 Å². The molecule has 1 N–H and O–H groups in total. The fourth-order valence-corrected chi connectivity index (χ4v) is 4.50. The van der Waals surface area contributed by atoms with E-state index in [2.05, 4.69) is 5.32 Å². The molecule has 3 amide bonds. The lowest BCUT2D eigenvalue weighted by Crippen LogP contribution is -2.41. The first-order chi connectivity index (χ1) is 14.1. The minimum absolute atomic E-state index is 0.0526. The van der Waals surface area contributed by atoms with Crippen LogP contribution >= 0.6 is 11.6 Å². The van der Waals surface area contributed by atoms with Crippen molar-refractivity contribution in [3.05, 3.63) is 57.9 Å². The molecule has 0 aliphatic carbocycles. The van der Waals surface area contributed by atoms with Gasteiger partial charge in [-0.2, -0.15) is 0 Å². The highest BCUT2D eigenvalue weighted by molar-refractivity contribution is 6.32. The average Bonchev–Trinajstić information content (AvgIpc) is 3.10. The summed E-state index contributed by atoms with van der Waals surface area (Å²) >= 11 is 6.25. The minimum Gasteiger partial charge on any atom is -0.383 e. The van der Waals surface area contributed by atoms with Gasteiger partial charge in [0.25, 0.3) is 5.91 Å². The van der Waals surface area contributed by atoms with Gasteiger partial charge >= 0.3 is 6.03 Å². The maximum atomic E-state index is 13.1. The number of carbonyl (C=O) groups is 3. The van der Waals surface area contributed by atoms with E-state index in [1.165, 1.54) is 0 Å². The van der Waals surface area contributed by atoms with Gasteiger partial charge in [0.1, 0.15) is 5.54 Å². The van der Waals surface area contributed by atoms with Crippen LogP contribution in [0.5, 0.6) is 0 Å². The monoisotopic (exact) mass is 431 g/mol. The van der Waals surface area contributed by atoms with Crippen LogP contribution < -0.4 is 5.32 Å². The fraction of sp³-hybridized carbons (Fsp3) is 0.409. The number of halogens is 1. The van der Waals surface area contributed by atoms with Gasteiger partial charge in [0.2, 0.25) is 0 Å². The molecule has 1 aliphatic heterocycles. The van der Waals surface area contributed by atoms with E-state index in [0.717, 1.165) is 16.3 Å². The van der Waals surface area contributed by atoms with Crippen LogP contribution in [0.25, 0.3) is 0 Å². The Balaban J connectivity index is 1.86. The van der Waals surface area contributed by atoms with E-state index >= 15 is 0 Å². The zero-order valence-electron chi connectivity index (χ0n) is 17.8. The van der Waals surface area contributed by atoms with Crippen molar-refractivity contribution in [2.45, 2.75) is 39.3 Å². The van der Waals surface area contributed by atoms with Gasteiger partial charge in [-0.3, -0.25) is 14.5 Å². The number of methoxy groups -OCH3 is 1. The van der Waals surface area contributed by atoms with Gasteiger partial charge in [0.15, 0.2) is 5.78 Å². The van der Waals surface area contributed by atoms with Gasteiger partial charge in [-0.05, 0) is 39.8 Å². The van der Waals surface area contributed by atoms with Crippen molar-refractivity contribution in [2.24, 2.45) is 0 Å². The molecule has 160 valence electrons. The van der Waals surface area contributed by atoms with Crippen LogP contribution in [0.4, 0.5) is 4.79 Å². The largest absolute Gasteiger partial charge is 0.383 e. The first kappa shape index (κ1) is 22.1. The number of nitrogens with one attached hydrogen (secondary N) is 1. The molecule has 1 aromatic carbocycles. The second-order valence-corrected chi connectivity index (χ2v) is 8.22. The van der Waals surface area contributed by atoms with Gasteiger partial charge in [0.05, 0.1) is 19.2 Å². The van der Waals surface area contributed by atoms with E-state index in [1.54, 1.807) is 44.4 Å². The van der Waals surface area contributed by atoms with Gasteiger partial charge in [-0.15, -0.1) is 0 Å². The van der Waals surface area contributed by atoms with Crippen molar-refractivity contribution in [2.75, 3.05) is 20.3 Å². The number of ketones is 1. The number of ether oxygens (including phenoxy) is 1. The Morgan fingerprint density at radius 2 is 1.93 bits per heavy atom. The Kier molecular flexibility index (Phi) is 6.06. The number of imide groups is 1. The number of carbonyl (C=O) groups excluding carboxylic acids is 3. The molecule has 2 atom stereocenters. The zero-order chi connectivity index (χ0) is 22.2. The molecule has 1 fully saturated rings. The van der Waals surface area contributed by atoms with Gasteiger partial charge in [0, 0.05) is 34.6 Å². The van der Waals surface area contributed by atoms with Crippen LogP contribution in [-0.2, 0) is 15.1 Å². The molecule has 0 unspecified atom stereocenters. The number of hydrogen-bond acceptors (Lipinski definition) is 4. The first-order valence-electron chi connectivity index (χ1n) is 9.71. The zero-order valence-corrected chi connectivity index (χ0v) is 18.5. The highest BCUT2D eigenvalue weighted by atomic mass is 35.5. The van der Waals surface area contributed by atoms with E-state index in [-0.39, 0.29) is 18.4 Å². The molecule has 30 heavy (non-hydrogen) atoms. The summed E-state index contributed by atoms with van der Waals surface area (Å²) < 4.78 is 7.25. The van der Waals surface area contributed by atoms with Gasteiger partial charge in [-0.25, -0.2) is 4.79 Å². The third-order valence-electron chi connectivity index (χ3n) is 5.62. The quantitative estimate of drug-likeness (QED) is 0.536. The Morgan fingerprint density at radius 3 is 2.57 bits per heavy atom. The van der Waals surface area contributed by atoms with Crippen molar-refractivity contribution in [1.82, 2.24) is 14.8 Å². The van der Waals surface area contributed by atoms with Crippen molar-refractivity contribution < 1.29 is 19.1 Å². The number of benzene rings is 1.